The van der Waals surface area contributed by atoms with Crippen molar-refractivity contribution in [3.8, 4) is 28.7 Å². The van der Waals surface area contributed by atoms with Crippen LogP contribution < -0.4 is 9.47 Å². The first kappa shape index (κ1) is 15.3. The second-order valence-corrected chi connectivity index (χ2v) is 5.91. The number of hydrogen-bond donors (Lipinski definition) is 3. The molecule has 122 valence electrons. The molecule has 1 unspecified atom stereocenters. The van der Waals surface area contributed by atoms with Crippen molar-refractivity contribution in [1.29, 1.82) is 0 Å². The van der Waals surface area contributed by atoms with Crippen molar-refractivity contribution in [2.24, 2.45) is 5.92 Å². The predicted molar refractivity (Wildman–Crippen MR) is 85.6 cm³/mol. The Hall–Kier alpha value is -2.56. The topological polar surface area (TPSA) is 79.2 Å². The summed E-state index contributed by atoms with van der Waals surface area (Å²) in [5, 5.41) is 29.8. The summed E-state index contributed by atoms with van der Waals surface area (Å²) in [5.74, 6) is 1.13. The average Bonchev–Trinajstić information content (AvgIpc) is 2.56. The van der Waals surface area contributed by atoms with Crippen molar-refractivity contribution < 1.29 is 24.8 Å². The number of aromatic hydroxyl groups is 3. The number of hydrogen-bond acceptors (Lipinski definition) is 5. The minimum Gasteiger partial charge on any atom is -0.508 e. The number of benzene rings is 2. The highest BCUT2D eigenvalue weighted by molar-refractivity contribution is 5.65. The maximum Gasteiger partial charge on any atom is 0.203 e. The van der Waals surface area contributed by atoms with Gasteiger partial charge >= 0.3 is 0 Å². The van der Waals surface area contributed by atoms with Gasteiger partial charge in [0.25, 0.3) is 0 Å². The van der Waals surface area contributed by atoms with E-state index in [1.807, 2.05) is 12.1 Å². The molecule has 0 radical (unpaired) electrons. The van der Waals surface area contributed by atoms with Gasteiger partial charge in [0.1, 0.15) is 11.5 Å². The molecule has 1 atom stereocenters. The second kappa shape index (κ2) is 5.91. The fourth-order valence-corrected chi connectivity index (χ4v) is 3.04. The van der Waals surface area contributed by atoms with Gasteiger partial charge in [0, 0.05) is 17.0 Å². The van der Waals surface area contributed by atoms with Crippen LogP contribution in [-0.4, -0.2) is 29.0 Å². The molecular weight excluding hydrogens is 296 g/mol. The van der Waals surface area contributed by atoms with E-state index in [9.17, 15) is 15.3 Å². The third kappa shape index (κ3) is 2.74. The van der Waals surface area contributed by atoms with Gasteiger partial charge in [-0.05, 0) is 37.5 Å². The Kier molecular flexibility index (Phi) is 3.94. The maximum absolute atomic E-state index is 10.3. The lowest BCUT2D eigenvalue weighted by atomic mass is 9.89. The minimum absolute atomic E-state index is 0.0636. The highest BCUT2D eigenvalue weighted by atomic mass is 16.5. The van der Waals surface area contributed by atoms with Crippen LogP contribution in [0.15, 0.2) is 24.3 Å². The summed E-state index contributed by atoms with van der Waals surface area (Å²) < 4.78 is 11.0. The van der Waals surface area contributed by atoms with Gasteiger partial charge in [0.2, 0.25) is 5.75 Å². The fraction of sp³-hybridized carbons (Fsp3) is 0.333. The average molecular weight is 316 g/mol. The Labute approximate surface area is 134 Å². The van der Waals surface area contributed by atoms with Crippen LogP contribution >= 0.6 is 0 Å². The number of phenols is 3. The van der Waals surface area contributed by atoms with Crippen LogP contribution in [0.3, 0.4) is 0 Å². The Morgan fingerprint density at radius 1 is 1.13 bits per heavy atom. The van der Waals surface area contributed by atoms with E-state index >= 15 is 0 Å². The van der Waals surface area contributed by atoms with Crippen molar-refractivity contribution in [1.82, 2.24) is 0 Å². The Morgan fingerprint density at radius 2 is 1.83 bits per heavy atom. The van der Waals surface area contributed by atoms with Gasteiger partial charge in [-0.25, -0.2) is 0 Å². The molecule has 0 aliphatic carbocycles. The summed E-state index contributed by atoms with van der Waals surface area (Å²) in [6, 6.07) is 7.09. The molecule has 23 heavy (non-hydrogen) atoms. The lowest BCUT2D eigenvalue weighted by Crippen LogP contribution is -2.23. The van der Waals surface area contributed by atoms with Gasteiger partial charge in [-0.3, -0.25) is 0 Å². The van der Waals surface area contributed by atoms with Crippen LogP contribution in [0, 0.1) is 12.8 Å². The molecule has 0 fully saturated rings. The van der Waals surface area contributed by atoms with Gasteiger partial charge in [0.05, 0.1) is 13.7 Å². The molecular formula is C18H20O5. The molecule has 0 saturated heterocycles. The van der Waals surface area contributed by atoms with Gasteiger partial charge in [-0.15, -0.1) is 0 Å². The molecule has 3 rings (SSSR count). The normalized spacial score (nSPS) is 16.5. The third-order valence-corrected chi connectivity index (χ3v) is 4.31. The number of rotatable bonds is 3. The molecule has 2 aromatic rings. The van der Waals surface area contributed by atoms with E-state index in [1.165, 1.54) is 7.11 Å². The largest absolute Gasteiger partial charge is 0.508 e. The lowest BCUT2D eigenvalue weighted by molar-refractivity contribution is 0.205. The van der Waals surface area contributed by atoms with Crippen molar-refractivity contribution >= 4 is 0 Å². The van der Waals surface area contributed by atoms with Crippen LogP contribution in [0.5, 0.6) is 28.7 Å². The number of ether oxygens (including phenoxy) is 2. The van der Waals surface area contributed by atoms with Crippen LogP contribution in [0.2, 0.25) is 0 Å². The SMILES string of the molecule is COc1c(O)c(C)c(O)c2c1OCC(Cc1ccc(O)cc1)C2. The summed E-state index contributed by atoms with van der Waals surface area (Å²) in [5.41, 5.74) is 2.17. The summed E-state index contributed by atoms with van der Waals surface area (Å²) >= 11 is 0. The van der Waals surface area contributed by atoms with Gasteiger partial charge in [0.15, 0.2) is 11.5 Å². The zero-order valence-electron chi connectivity index (χ0n) is 13.2. The first-order chi connectivity index (χ1) is 11.0. The van der Waals surface area contributed by atoms with E-state index < -0.39 is 0 Å². The van der Waals surface area contributed by atoms with Crippen molar-refractivity contribution in [2.75, 3.05) is 13.7 Å². The van der Waals surface area contributed by atoms with Crippen LogP contribution in [0.4, 0.5) is 0 Å². The smallest absolute Gasteiger partial charge is 0.203 e. The summed E-state index contributed by atoms with van der Waals surface area (Å²) in [6.45, 7) is 2.13. The summed E-state index contributed by atoms with van der Waals surface area (Å²) in [4.78, 5) is 0. The van der Waals surface area contributed by atoms with E-state index in [2.05, 4.69) is 0 Å². The fourth-order valence-electron chi connectivity index (χ4n) is 3.04. The van der Waals surface area contributed by atoms with Crippen molar-refractivity contribution in [3.63, 3.8) is 0 Å². The molecule has 0 amide bonds. The maximum atomic E-state index is 10.3. The molecule has 0 aromatic heterocycles. The Balaban J connectivity index is 1.88. The first-order valence-electron chi connectivity index (χ1n) is 7.53. The van der Waals surface area contributed by atoms with E-state index in [0.717, 1.165) is 12.0 Å². The van der Waals surface area contributed by atoms with Crippen molar-refractivity contribution in [3.05, 3.63) is 41.0 Å². The zero-order chi connectivity index (χ0) is 16.6. The zero-order valence-corrected chi connectivity index (χ0v) is 13.2. The number of fused-ring (bicyclic) bond motifs is 1. The highest BCUT2D eigenvalue weighted by Gasteiger charge is 2.30. The van der Waals surface area contributed by atoms with Gasteiger partial charge < -0.3 is 24.8 Å². The molecule has 0 saturated carbocycles. The third-order valence-electron chi connectivity index (χ3n) is 4.31. The molecule has 5 nitrogen and oxygen atoms in total. The molecule has 2 aromatic carbocycles. The van der Waals surface area contributed by atoms with Crippen molar-refractivity contribution in [2.45, 2.75) is 19.8 Å². The molecule has 0 spiro atoms. The van der Waals surface area contributed by atoms with Crippen LogP contribution in [0.25, 0.3) is 0 Å². The standard InChI is InChI=1S/C18H20O5/c1-10-15(20)14-8-12(7-11-3-5-13(19)6-4-11)9-23-17(14)18(22-2)16(10)21/h3-6,12,19-21H,7-9H2,1-2H3. The van der Waals surface area contributed by atoms with E-state index in [4.69, 9.17) is 9.47 Å². The molecule has 0 bridgehead atoms. The number of phenolic OH excluding ortho intramolecular Hbond substituents is 3. The molecule has 1 aliphatic heterocycles. The molecule has 3 N–H and O–H groups in total. The van der Waals surface area contributed by atoms with E-state index in [0.29, 0.717) is 29.9 Å². The molecule has 1 heterocycles. The molecule has 1 aliphatic rings. The Bertz CT molecular complexity index is 721. The molecule has 5 heteroatoms. The first-order valence-corrected chi connectivity index (χ1v) is 7.53. The second-order valence-electron chi connectivity index (χ2n) is 5.91. The summed E-state index contributed by atoms with van der Waals surface area (Å²) in [7, 11) is 1.47. The van der Waals surface area contributed by atoms with E-state index in [-0.39, 0.29) is 28.9 Å². The van der Waals surface area contributed by atoms with Gasteiger partial charge in [-0.1, -0.05) is 12.1 Å². The monoisotopic (exact) mass is 316 g/mol. The van der Waals surface area contributed by atoms with Crippen LogP contribution in [-0.2, 0) is 12.8 Å². The quantitative estimate of drug-likeness (QED) is 0.811. The predicted octanol–water partition coefficient (Wildman–Crippen LogP) is 2.91. The Morgan fingerprint density at radius 3 is 2.48 bits per heavy atom. The number of methoxy groups -OCH3 is 1. The van der Waals surface area contributed by atoms with Crippen LogP contribution in [0.1, 0.15) is 16.7 Å². The summed E-state index contributed by atoms with van der Waals surface area (Å²) in [6.07, 6.45) is 1.42. The lowest BCUT2D eigenvalue weighted by Gasteiger charge is -2.28. The highest BCUT2D eigenvalue weighted by Crippen LogP contribution is 2.50. The minimum atomic E-state index is -0.0827. The van der Waals surface area contributed by atoms with Gasteiger partial charge in [-0.2, -0.15) is 0 Å². The van der Waals surface area contributed by atoms with E-state index in [1.54, 1.807) is 19.1 Å².